The minimum Gasteiger partial charge on any atom is -0.382 e. The van der Waals surface area contributed by atoms with E-state index in [1.165, 1.54) is 17.5 Å². The monoisotopic (exact) mass is 356 g/mol. The molecule has 0 bridgehead atoms. The lowest BCUT2D eigenvalue weighted by atomic mass is 9.92. The summed E-state index contributed by atoms with van der Waals surface area (Å²) in [5, 5.41) is 9.95. The molecule has 2 N–H and O–H groups in total. The van der Waals surface area contributed by atoms with Crippen molar-refractivity contribution in [3.8, 4) is 0 Å². The van der Waals surface area contributed by atoms with Crippen LogP contribution in [0.5, 0.6) is 0 Å². The Labute approximate surface area is 132 Å². The third-order valence-electron chi connectivity index (χ3n) is 3.68. The minimum atomic E-state index is -0.572. The van der Waals surface area contributed by atoms with Gasteiger partial charge in [-0.25, -0.2) is 4.68 Å². The summed E-state index contributed by atoms with van der Waals surface area (Å²) < 4.78 is 1.96. The summed E-state index contributed by atoms with van der Waals surface area (Å²) in [5.41, 5.74) is -0.0921. The summed E-state index contributed by atoms with van der Waals surface area (Å²) in [6.45, 7) is 4.78. The van der Waals surface area contributed by atoms with Crippen LogP contribution in [0, 0.1) is 11.3 Å². The summed E-state index contributed by atoms with van der Waals surface area (Å²) in [5.74, 6) is 0.536. The van der Waals surface area contributed by atoms with Crippen LogP contribution in [-0.2, 0) is 11.3 Å². The zero-order valence-electron chi connectivity index (χ0n) is 12.6. The zero-order valence-corrected chi connectivity index (χ0v) is 14.2. The van der Waals surface area contributed by atoms with Crippen LogP contribution in [0.4, 0.5) is 5.69 Å². The largest absolute Gasteiger partial charge is 0.382 e. The number of hydrogen-bond donors (Lipinski definition) is 2. The maximum absolute atomic E-state index is 12.2. The molecule has 1 aliphatic rings. The lowest BCUT2D eigenvalue weighted by molar-refractivity contribution is -0.128. The van der Waals surface area contributed by atoms with Crippen molar-refractivity contribution in [3.05, 3.63) is 21.0 Å². The molecule has 1 amide bonds. The topological polar surface area (TPSA) is 76.0 Å². The van der Waals surface area contributed by atoms with Gasteiger partial charge in [0.25, 0.3) is 5.56 Å². The predicted molar refractivity (Wildman–Crippen MR) is 85.3 cm³/mol. The number of carbonyl (C=O) groups excluding carboxylic acids is 1. The van der Waals surface area contributed by atoms with E-state index in [1.807, 2.05) is 13.8 Å². The van der Waals surface area contributed by atoms with Gasteiger partial charge in [-0.2, -0.15) is 5.10 Å². The van der Waals surface area contributed by atoms with E-state index in [1.54, 1.807) is 13.2 Å². The molecule has 1 heterocycles. The minimum absolute atomic E-state index is 0.0545. The van der Waals surface area contributed by atoms with Gasteiger partial charge in [-0.1, -0.05) is 0 Å². The number of nitrogens with one attached hydrogen (secondary N) is 2. The summed E-state index contributed by atoms with van der Waals surface area (Å²) in [6, 6.07) is 0. The van der Waals surface area contributed by atoms with E-state index in [9.17, 15) is 9.59 Å². The van der Waals surface area contributed by atoms with Gasteiger partial charge in [0.15, 0.2) is 0 Å². The van der Waals surface area contributed by atoms with Gasteiger partial charge in [0, 0.05) is 20.1 Å². The normalized spacial score (nSPS) is 14.9. The molecule has 116 valence electrons. The van der Waals surface area contributed by atoms with Gasteiger partial charge in [-0.05, 0) is 48.5 Å². The molecule has 6 nitrogen and oxygen atoms in total. The molecule has 1 aliphatic carbocycles. The first-order valence-electron chi connectivity index (χ1n) is 7.07. The van der Waals surface area contributed by atoms with E-state index >= 15 is 0 Å². The summed E-state index contributed by atoms with van der Waals surface area (Å²) in [6.07, 6.45) is 3.98. The Kier molecular flexibility index (Phi) is 4.70. The first-order chi connectivity index (χ1) is 9.85. The van der Waals surface area contributed by atoms with Crippen molar-refractivity contribution < 1.29 is 4.79 Å². The van der Waals surface area contributed by atoms with E-state index in [2.05, 4.69) is 31.7 Å². The molecule has 0 radical (unpaired) electrons. The van der Waals surface area contributed by atoms with Crippen molar-refractivity contribution in [2.24, 2.45) is 11.3 Å². The summed E-state index contributed by atoms with van der Waals surface area (Å²) >= 11 is 3.33. The molecule has 0 unspecified atom stereocenters. The van der Waals surface area contributed by atoms with Gasteiger partial charge >= 0.3 is 0 Å². The number of halogens is 1. The highest BCUT2D eigenvalue weighted by Gasteiger charge is 2.27. The van der Waals surface area contributed by atoms with Crippen molar-refractivity contribution in [3.63, 3.8) is 0 Å². The molecule has 0 aromatic carbocycles. The van der Waals surface area contributed by atoms with E-state index in [4.69, 9.17) is 0 Å². The second-order valence-electron chi connectivity index (χ2n) is 6.12. The summed E-state index contributed by atoms with van der Waals surface area (Å²) in [4.78, 5) is 23.9. The number of carbonyl (C=O) groups is 1. The van der Waals surface area contributed by atoms with Crippen LogP contribution in [0.2, 0.25) is 0 Å². The van der Waals surface area contributed by atoms with Crippen molar-refractivity contribution >= 4 is 27.5 Å². The highest BCUT2D eigenvalue weighted by molar-refractivity contribution is 9.10. The zero-order chi connectivity index (χ0) is 15.6. The van der Waals surface area contributed by atoms with Crippen molar-refractivity contribution in [1.82, 2.24) is 15.1 Å². The Morgan fingerprint density at radius 3 is 2.76 bits per heavy atom. The number of anilines is 1. The van der Waals surface area contributed by atoms with Gasteiger partial charge in [-0.3, -0.25) is 9.59 Å². The van der Waals surface area contributed by atoms with Crippen LogP contribution in [0.1, 0.15) is 26.7 Å². The number of aromatic nitrogens is 2. The van der Waals surface area contributed by atoms with Crippen molar-refractivity contribution in [2.75, 3.05) is 18.9 Å². The fraction of sp³-hybridized carbons (Fsp3) is 0.643. The van der Waals surface area contributed by atoms with Crippen LogP contribution < -0.4 is 16.2 Å². The fourth-order valence-corrected chi connectivity index (χ4v) is 2.45. The average Bonchev–Trinajstić information content (AvgIpc) is 3.26. The van der Waals surface area contributed by atoms with Gasteiger partial charge in [0.2, 0.25) is 5.91 Å². The number of amides is 1. The van der Waals surface area contributed by atoms with E-state index < -0.39 is 5.41 Å². The molecule has 0 aliphatic heterocycles. The molecular weight excluding hydrogens is 336 g/mol. The van der Waals surface area contributed by atoms with Crippen molar-refractivity contribution in [1.29, 1.82) is 0 Å². The molecule has 1 aromatic heterocycles. The van der Waals surface area contributed by atoms with Crippen LogP contribution in [0.3, 0.4) is 0 Å². The molecule has 21 heavy (non-hydrogen) atoms. The molecule has 1 aromatic rings. The second-order valence-corrected chi connectivity index (χ2v) is 6.91. The van der Waals surface area contributed by atoms with E-state index in [0.29, 0.717) is 29.2 Å². The second kappa shape index (κ2) is 6.17. The average molecular weight is 357 g/mol. The highest BCUT2D eigenvalue weighted by atomic mass is 79.9. The first kappa shape index (κ1) is 16.0. The van der Waals surface area contributed by atoms with Crippen LogP contribution >= 0.6 is 15.9 Å². The van der Waals surface area contributed by atoms with Gasteiger partial charge in [0.1, 0.15) is 4.47 Å². The molecule has 0 saturated heterocycles. The van der Waals surface area contributed by atoms with Crippen LogP contribution in [0.15, 0.2) is 15.5 Å². The third kappa shape index (κ3) is 3.84. The van der Waals surface area contributed by atoms with Gasteiger partial charge < -0.3 is 10.6 Å². The van der Waals surface area contributed by atoms with Gasteiger partial charge in [-0.15, -0.1) is 0 Å². The lowest BCUT2D eigenvalue weighted by Gasteiger charge is -2.23. The van der Waals surface area contributed by atoms with E-state index in [-0.39, 0.29) is 11.5 Å². The quantitative estimate of drug-likeness (QED) is 0.811. The third-order valence-corrected chi connectivity index (χ3v) is 4.44. The highest BCUT2D eigenvalue weighted by Crippen LogP contribution is 2.30. The number of rotatable bonds is 6. The van der Waals surface area contributed by atoms with Crippen LogP contribution in [0.25, 0.3) is 0 Å². The number of hydrogen-bond acceptors (Lipinski definition) is 4. The molecular formula is C14H21BrN4O2. The standard InChI is InChI=1S/C14H21BrN4O2/c1-14(2,13(21)16-3)8-17-10-6-18-19(7-9-4-5-9)12(20)11(10)15/h6,9,17H,4-5,7-8H2,1-3H3,(H,16,21). The first-order valence-corrected chi connectivity index (χ1v) is 7.86. The Morgan fingerprint density at radius 1 is 1.52 bits per heavy atom. The Bertz CT molecular complexity index is 593. The Morgan fingerprint density at radius 2 is 2.19 bits per heavy atom. The Hall–Kier alpha value is -1.37. The molecule has 0 atom stereocenters. The van der Waals surface area contributed by atoms with Crippen molar-refractivity contribution in [2.45, 2.75) is 33.2 Å². The fourth-order valence-electron chi connectivity index (χ4n) is 2.00. The molecule has 1 fully saturated rings. The predicted octanol–water partition coefficient (Wildman–Crippen LogP) is 1.60. The molecule has 7 heteroatoms. The number of nitrogens with zero attached hydrogens (tertiary/aromatic N) is 2. The van der Waals surface area contributed by atoms with E-state index in [0.717, 1.165) is 0 Å². The lowest BCUT2D eigenvalue weighted by Crippen LogP contribution is -2.39. The SMILES string of the molecule is CNC(=O)C(C)(C)CNc1cnn(CC2CC2)c(=O)c1Br. The molecule has 1 saturated carbocycles. The maximum Gasteiger partial charge on any atom is 0.283 e. The molecule has 0 spiro atoms. The van der Waals surface area contributed by atoms with Gasteiger partial charge in [0.05, 0.1) is 17.3 Å². The summed E-state index contributed by atoms with van der Waals surface area (Å²) in [7, 11) is 1.61. The smallest absolute Gasteiger partial charge is 0.283 e. The molecule has 2 rings (SSSR count). The van der Waals surface area contributed by atoms with Crippen LogP contribution in [-0.4, -0.2) is 29.3 Å². The maximum atomic E-state index is 12.2. The Balaban J connectivity index is 2.08.